The van der Waals surface area contributed by atoms with E-state index in [2.05, 4.69) is 40.9 Å². The van der Waals surface area contributed by atoms with Crippen LogP contribution in [0.15, 0.2) is 12.1 Å². The zero-order chi connectivity index (χ0) is 14.1. The molecule has 1 N–H and O–H groups in total. The Morgan fingerprint density at radius 3 is 2.90 bits per heavy atom. The van der Waals surface area contributed by atoms with Gasteiger partial charge in [-0.1, -0.05) is 18.5 Å². The molecule has 0 amide bonds. The van der Waals surface area contributed by atoms with E-state index in [4.69, 9.17) is 16.6 Å². The van der Waals surface area contributed by atoms with Crippen molar-refractivity contribution < 1.29 is 0 Å². The molecule has 0 bridgehead atoms. The monoisotopic (exact) mass is 400 g/mol. The van der Waals surface area contributed by atoms with Crippen LogP contribution < -0.4 is 5.32 Å². The minimum Gasteiger partial charge on any atom is -0.384 e. The average molecular weight is 401 g/mol. The molecule has 20 heavy (non-hydrogen) atoms. The first-order valence-electron chi connectivity index (χ1n) is 7.25. The molecule has 0 fully saturated rings. The predicted octanol–water partition coefficient (Wildman–Crippen LogP) is 5.19. The van der Waals surface area contributed by atoms with E-state index in [9.17, 15) is 0 Å². The molecule has 1 aliphatic rings. The largest absolute Gasteiger partial charge is 0.384 e. The van der Waals surface area contributed by atoms with Gasteiger partial charge in [0, 0.05) is 31.9 Å². The molecule has 1 aromatic heterocycles. The first-order chi connectivity index (χ1) is 9.70. The molecule has 2 aromatic rings. The van der Waals surface area contributed by atoms with Crippen molar-refractivity contribution in [3.8, 4) is 0 Å². The van der Waals surface area contributed by atoms with Crippen molar-refractivity contribution in [2.75, 3.05) is 11.9 Å². The zero-order valence-electron chi connectivity index (χ0n) is 11.6. The van der Waals surface area contributed by atoms with Crippen molar-refractivity contribution in [1.29, 1.82) is 0 Å². The summed E-state index contributed by atoms with van der Waals surface area (Å²) in [5, 5.41) is 5.59. The van der Waals surface area contributed by atoms with Gasteiger partial charge in [0.2, 0.25) is 0 Å². The van der Waals surface area contributed by atoms with Crippen LogP contribution in [0.25, 0.3) is 10.9 Å². The molecule has 0 unspecified atom stereocenters. The molecule has 0 aliphatic heterocycles. The summed E-state index contributed by atoms with van der Waals surface area (Å²) in [6.07, 6.45) is 5.87. The van der Waals surface area contributed by atoms with Crippen molar-refractivity contribution in [1.82, 2.24) is 4.98 Å². The number of nitrogens with one attached hydrogen (secondary N) is 1. The number of aromatic nitrogens is 1. The van der Waals surface area contributed by atoms with Crippen LogP contribution in [0.3, 0.4) is 0 Å². The van der Waals surface area contributed by atoms with E-state index < -0.39 is 0 Å². The molecule has 1 heterocycles. The minimum absolute atomic E-state index is 0.791. The molecule has 4 heteroatoms. The maximum atomic E-state index is 6.25. The summed E-state index contributed by atoms with van der Waals surface area (Å²) in [5.74, 6) is 0. The number of pyridine rings is 1. The highest BCUT2D eigenvalue weighted by molar-refractivity contribution is 14.1. The van der Waals surface area contributed by atoms with Gasteiger partial charge in [-0.15, -0.1) is 0 Å². The van der Waals surface area contributed by atoms with Crippen LogP contribution in [0.2, 0.25) is 5.02 Å². The number of aryl methyl sites for hydroxylation is 1. The average Bonchev–Trinajstić information content (AvgIpc) is 2.44. The van der Waals surface area contributed by atoms with Crippen LogP contribution in [-0.2, 0) is 12.8 Å². The summed E-state index contributed by atoms with van der Waals surface area (Å²) in [6.45, 7) is 3.19. The number of hydrogen-bond donors (Lipinski definition) is 1. The van der Waals surface area contributed by atoms with Gasteiger partial charge in [0.15, 0.2) is 0 Å². The summed E-state index contributed by atoms with van der Waals surface area (Å²) >= 11 is 8.59. The lowest BCUT2D eigenvalue weighted by atomic mass is 9.92. The van der Waals surface area contributed by atoms with Crippen LogP contribution in [0.1, 0.15) is 37.4 Å². The molecule has 106 valence electrons. The molecule has 0 saturated carbocycles. The Hall–Kier alpha value is -0.550. The fourth-order valence-electron chi connectivity index (χ4n) is 2.90. The summed E-state index contributed by atoms with van der Waals surface area (Å²) < 4.78 is 1.14. The molecule has 0 radical (unpaired) electrons. The number of nitrogens with zero attached hydrogens (tertiary/aromatic N) is 1. The van der Waals surface area contributed by atoms with E-state index in [0.29, 0.717) is 0 Å². The van der Waals surface area contributed by atoms with Gasteiger partial charge in [-0.25, -0.2) is 0 Å². The first-order valence-corrected chi connectivity index (χ1v) is 8.70. The van der Waals surface area contributed by atoms with Gasteiger partial charge in [0.05, 0.1) is 5.52 Å². The third-order valence-corrected chi connectivity index (χ3v) is 4.88. The van der Waals surface area contributed by atoms with Crippen LogP contribution >= 0.6 is 34.2 Å². The van der Waals surface area contributed by atoms with E-state index in [-0.39, 0.29) is 0 Å². The topological polar surface area (TPSA) is 24.9 Å². The fraction of sp³-hybridized carbons (Fsp3) is 0.438. The molecule has 1 aromatic carbocycles. The summed E-state index contributed by atoms with van der Waals surface area (Å²) in [6, 6.07) is 4.05. The second kappa shape index (κ2) is 6.06. The van der Waals surface area contributed by atoms with Crippen molar-refractivity contribution in [2.45, 2.75) is 39.0 Å². The molecule has 0 saturated heterocycles. The molecule has 1 aliphatic carbocycles. The highest BCUT2D eigenvalue weighted by Crippen LogP contribution is 2.36. The molecule has 2 nitrogen and oxygen atoms in total. The lowest BCUT2D eigenvalue weighted by Gasteiger charge is -2.22. The lowest BCUT2D eigenvalue weighted by molar-refractivity contribution is 0.672. The Labute approximate surface area is 138 Å². The Morgan fingerprint density at radius 2 is 2.10 bits per heavy atom. The standard InChI is InChI=1S/C16H18ClIN2/c1-2-7-19-15-11-5-3-4-6-14(11)20-16-12(15)8-10(17)9-13(16)18/h8-9H,2-7H2,1H3,(H,19,20). The zero-order valence-corrected chi connectivity index (χ0v) is 14.5. The second-order valence-corrected chi connectivity index (χ2v) is 6.93. The molecule has 0 spiro atoms. The van der Waals surface area contributed by atoms with Crippen molar-refractivity contribution in [3.63, 3.8) is 0 Å². The van der Waals surface area contributed by atoms with Crippen LogP contribution in [-0.4, -0.2) is 11.5 Å². The van der Waals surface area contributed by atoms with E-state index in [1.54, 1.807) is 0 Å². The van der Waals surface area contributed by atoms with E-state index in [0.717, 1.165) is 39.9 Å². The number of anilines is 1. The maximum Gasteiger partial charge on any atom is 0.0860 e. The van der Waals surface area contributed by atoms with Gasteiger partial charge in [0.25, 0.3) is 0 Å². The number of fused-ring (bicyclic) bond motifs is 2. The lowest BCUT2D eigenvalue weighted by Crippen LogP contribution is -2.12. The number of hydrogen-bond acceptors (Lipinski definition) is 2. The third-order valence-electron chi connectivity index (χ3n) is 3.84. The molecular formula is C16H18ClIN2. The van der Waals surface area contributed by atoms with Crippen molar-refractivity contribution in [2.24, 2.45) is 0 Å². The van der Waals surface area contributed by atoms with E-state index in [1.165, 1.54) is 35.2 Å². The molecular weight excluding hydrogens is 383 g/mol. The highest BCUT2D eigenvalue weighted by atomic mass is 127. The second-order valence-electron chi connectivity index (χ2n) is 5.33. The van der Waals surface area contributed by atoms with Crippen LogP contribution in [0, 0.1) is 3.57 Å². The van der Waals surface area contributed by atoms with Crippen molar-refractivity contribution in [3.05, 3.63) is 32.0 Å². The highest BCUT2D eigenvalue weighted by Gasteiger charge is 2.19. The van der Waals surface area contributed by atoms with Crippen molar-refractivity contribution >= 4 is 50.8 Å². The van der Waals surface area contributed by atoms with Crippen LogP contribution in [0.5, 0.6) is 0 Å². The van der Waals surface area contributed by atoms with Gasteiger partial charge >= 0.3 is 0 Å². The normalized spacial score (nSPS) is 14.3. The summed E-state index contributed by atoms with van der Waals surface area (Å²) in [5.41, 5.74) is 5.05. The minimum atomic E-state index is 0.791. The fourth-order valence-corrected chi connectivity index (χ4v) is 4.05. The van der Waals surface area contributed by atoms with Crippen LogP contribution in [0.4, 0.5) is 5.69 Å². The van der Waals surface area contributed by atoms with Gasteiger partial charge in [-0.2, -0.15) is 0 Å². The Balaban J connectivity index is 2.27. The van der Waals surface area contributed by atoms with Gasteiger partial charge in [-0.05, 0) is 72.4 Å². The summed E-state index contributed by atoms with van der Waals surface area (Å²) in [7, 11) is 0. The van der Waals surface area contributed by atoms with E-state index >= 15 is 0 Å². The van der Waals surface area contributed by atoms with E-state index in [1.807, 2.05) is 6.07 Å². The molecule has 3 rings (SSSR count). The number of halogens is 2. The Kier molecular flexibility index (Phi) is 4.36. The smallest absolute Gasteiger partial charge is 0.0860 e. The quantitative estimate of drug-likeness (QED) is 0.717. The van der Waals surface area contributed by atoms with Gasteiger partial charge in [0.1, 0.15) is 0 Å². The van der Waals surface area contributed by atoms with Gasteiger partial charge in [-0.3, -0.25) is 4.98 Å². The van der Waals surface area contributed by atoms with Gasteiger partial charge < -0.3 is 5.32 Å². The predicted molar refractivity (Wildman–Crippen MR) is 94.9 cm³/mol. The summed E-state index contributed by atoms with van der Waals surface area (Å²) in [4.78, 5) is 4.92. The maximum absolute atomic E-state index is 6.25. The third kappa shape index (κ3) is 2.62. The molecule has 0 atom stereocenters. The number of benzene rings is 1. The Bertz CT molecular complexity index is 655. The number of rotatable bonds is 3. The SMILES string of the molecule is CCCNc1c2c(nc3c(I)cc(Cl)cc13)CCCC2. The first kappa shape index (κ1) is 14.4. The Morgan fingerprint density at radius 1 is 1.30 bits per heavy atom.